The molecule has 1 saturated carbocycles. The molecular weight excluding hydrogens is 268 g/mol. The minimum Gasteiger partial charge on any atom is -0.352 e. The van der Waals surface area contributed by atoms with Gasteiger partial charge in [0.25, 0.3) is 0 Å². The molecule has 20 heavy (non-hydrogen) atoms. The van der Waals surface area contributed by atoms with Gasteiger partial charge in [-0.05, 0) is 35.6 Å². The molecule has 1 N–H and O–H groups in total. The minimum absolute atomic E-state index is 0.115. The normalized spacial score (nSPS) is 16.1. The molecular formula is C16H18N2OS. The third kappa shape index (κ3) is 2.80. The fraction of sp³-hybridized carbons (Fsp3) is 0.375. The molecule has 1 aromatic carbocycles. The van der Waals surface area contributed by atoms with Crippen LogP contribution in [0.4, 0.5) is 0 Å². The van der Waals surface area contributed by atoms with Crippen LogP contribution in [0.2, 0.25) is 0 Å². The Balaban J connectivity index is 1.66. The average Bonchev–Trinajstić information content (AvgIpc) is 3.25. The monoisotopic (exact) mass is 286 g/mol. The molecule has 2 aromatic rings. The third-order valence-corrected chi connectivity index (χ3v) is 4.69. The van der Waals surface area contributed by atoms with E-state index in [1.807, 2.05) is 30.3 Å². The summed E-state index contributed by atoms with van der Waals surface area (Å²) < 4.78 is 0. The Morgan fingerprint density at radius 3 is 2.85 bits per heavy atom. The number of nitrogens with one attached hydrogen (secondary N) is 1. The van der Waals surface area contributed by atoms with Gasteiger partial charge in [0.05, 0.1) is 5.52 Å². The van der Waals surface area contributed by atoms with Crippen LogP contribution in [0.25, 0.3) is 10.9 Å². The van der Waals surface area contributed by atoms with Crippen molar-refractivity contribution in [1.82, 2.24) is 10.3 Å². The van der Waals surface area contributed by atoms with Gasteiger partial charge in [-0.25, -0.2) is 0 Å². The lowest BCUT2D eigenvalue weighted by Crippen LogP contribution is -2.26. The molecule has 1 aliphatic rings. The molecule has 3 rings (SSSR count). The quantitative estimate of drug-likeness (QED) is 0.830. The van der Waals surface area contributed by atoms with E-state index in [2.05, 4.69) is 22.9 Å². The molecule has 0 unspecified atom stereocenters. The lowest BCUT2D eigenvalue weighted by Gasteiger charge is -2.12. The highest BCUT2D eigenvalue weighted by Gasteiger charge is 2.42. The number of rotatable bonds is 5. The van der Waals surface area contributed by atoms with Crippen LogP contribution < -0.4 is 5.32 Å². The van der Waals surface area contributed by atoms with Crippen LogP contribution in [-0.2, 0) is 11.3 Å². The summed E-state index contributed by atoms with van der Waals surface area (Å²) in [6.07, 6.45) is 4.63. The maximum atomic E-state index is 12.0. The van der Waals surface area contributed by atoms with Gasteiger partial charge in [0.15, 0.2) is 0 Å². The highest BCUT2D eigenvalue weighted by atomic mass is 32.1. The van der Waals surface area contributed by atoms with E-state index in [0.717, 1.165) is 35.1 Å². The van der Waals surface area contributed by atoms with Gasteiger partial charge < -0.3 is 5.32 Å². The SMILES string of the molecule is O=C(CC1(CS)CC1)NCc1cccc2cccnc12. The molecule has 0 saturated heterocycles. The lowest BCUT2D eigenvalue weighted by molar-refractivity contribution is -0.122. The van der Waals surface area contributed by atoms with Gasteiger partial charge in [-0.2, -0.15) is 12.6 Å². The highest BCUT2D eigenvalue weighted by molar-refractivity contribution is 7.80. The first kappa shape index (κ1) is 13.4. The summed E-state index contributed by atoms with van der Waals surface area (Å²) in [6.45, 7) is 0.538. The number of thiol groups is 1. The second kappa shape index (κ2) is 5.44. The number of hydrogen-bond donors (Lipinski definition) is 2. The van der Waals surface area contributed by atoms with E-state index in [1.165, 1.54) is 0 Å². The number of benzene rings is 1. The van der Waals surface area contributed by atoms with E-state index in [0.29, 0.717) is 13.0 Å². The number of hydrogen-bond acceptors (Lipinski definition) is 3. The maximum Gasteiger partial charge on any atom is 0.220 e. The van der Waals surface area contributed by atoms with Gasteiger partial charge in [-0.3, -0.25) is 9.78 Å². The largest absolute Gasteiger partial charge is 0.352 e. The summed E-state index contributed by atoms with van der Waals surface area (Å²) in [6, 6.07) is 10.0. The second-order valence-corrected chi connectivity index (χ2v) is 5.92. The van der Waals surface area contributed by atoms with Crippen molar-refractivity contribution in [3.8, 4) is 0 Å². The van der Waals surface area contributed by atoms with Crippen LogP contribution in [0.1, 0.15) is 24.8 Å². The van der Waals surface area contributed by atoms with Gasteiger partial charge in [0.1, 0.15) is 0 Å². The number of fused-ring (bicyclic) bond motifs is 1. The molecule has 1 amide bonds. The standard InChI is InChI=1S/C16H18N2OS/c19-14(9-16(11-20)6-7-16)18-10-13-4-1-3-12-5-2-8-17-15(12)13/h1-5,8,20H,6-7,9-11H2,(H,18,19). The molecule has 0 atom stereocenters. The number of nitrogens with zero attached hydrogens (tertiary/aromatic N) is 1. The Hall–Kier alpha value is -1.55. The average molecular weight is 286 g/mol. The predicted molar refractivity (Wildman–Crippen MR) is 83.7 cm³/mol. The van der Waals surface area contributed by atoms with Crippen molar-refractivity contribution >= 4 is 29.4 Å². The molecule has 1 fully saturated rings. The Morgan fingerprint density at radius 1 is 1.30 bits per heavy atom. The van der Waals surface area contributed by atoms with Crippen molar-refractivity contribution in [2.45, 2.75) is 25.8 Å². The smallest absolute Gasteiger partial charge is 0.220 e. The number of carbonyl (C=O) groups excluding carboxylic acids is 1. The van der Waals surface area contributed by atoms with E-state index in [-0.39, 0.29) is 11.3 Å². The fourth-order valence-corrected chi connectivity index (χ4v) is 2.90. The van der Waals surface area contributed by atoms with E-state index in [1.54, 1.807) is 6.20 Å². The van der Waals surface area contributed by atoms with Gasteiger partial charge in [-0.1, -0.05) is 24.3 Å². The van der Waals surface area contributed by atoms with Crippen LogP contribution in [0.15, 0.2) is 36.5 Å². The summed E-state index contributed by atoms with van der Waals surface area (Å²) in [5.74, 6) is 0.917. The molecule has 0 radical (unpaired) electrons. The molecule has 1 aromatic heterocycles. The zero-order valence-electron chi connectivity index (χ0n) is 11.3. The van der Waals surface area contributed by atoms with Gasteiger partial charge in [0, 0.05) is 24.5 Å². The van der Waals surface area contributed by atoms with Crippen molar-refractivity contribution < 1.29 is 4.79 Å². The molecule has 0 bridgehead atoms. The van der Waals surface area contributed by atoms with E-state index < -0.39 is 0 Å². The van der Waals surface area contributed by atoms with Crippen LogP contribution in [-0.4, -0.2) is 16.6 Å². The second-order valence-electron chi connectivity index (χ2n) is 5.60. The zero-order chi connectivity index (χ0) is 14.0. The van der Waals surface area contributed by atoms with Crippen molar-refractivity contribution in [3.63, 3.8) is 0 Å². The van der Waals surface area contributed by atoms with Crippen molar-refractivity contribution in [1.29, 1.82) is 0 Å². The zero-order valence-corrected chi connectivity index (χ0v) is 12.2. The van der Waals surface area contributed by atoms with Gasteiger partial charge in [0.2, 0.25) is 5.91 Å². The molecule has 3 nitrogen and oxygen atoms in total. The summed E-state index contributed by atoms with van der Waals surface area (Å²) in [5, 5.41) is 4.11. The van der Waals surface area contributed by atoms with Crippen LogP contribution in [0, 0.1) is 5.41 Å². The third-order valence-electron chi connectivity index (χ3n) is 4.02. The minimum atomic E-state index is 0.115. The summed E-state index contributed by atoms with van der Waals surface area (Å²) >= 11 is 4.33. The summed E-state index contributed by atoms with van der Waals surface area (Å²) in [7, 11) is 0. The molecule has 1 aliphatic carbocycles. The number of para-hydroxylation sites is 1. The highest BCUT2D eigenvalue weighted by Crippen LogP contribution is 2.49. The first-order chi connectivity index (χ1) is 9.72. The number of carbonyl (C=O) groups is 1. The number of aromatic nitrogens is 1. The molecule has 4 heteroatoms. The Labute approximate surface area is 124 Å². The van der Waals surface area contributed by atoms with Gasteiger partial charge >= 0.3 is 0 Å². The Bertz CT molecular complexity index is 632. The van der Waals surface area contributed by atoms with Crippen LogP contribution in [0.3, 0.4) is 0 Å². The Morgan fingerprint density at radius 2 is 2.10 bits per heavy atom. The van der Waals surface area contributed by atoms with E-state index in [4.69, 9.17) is 0 Å². The maximum absolute atomic E-state index is 12.0. The van der Waals surface area contributed by atoms with Gasteiger partial charge in [-0.15, -0.1) is 0 Å². The summed E-state index contributed by atoms with van der Waals surface area (Å²) in [5.41, 5.74) is 2.20. The van der Waals surface area contributed by atoms with E-state index >= 15 is 0 Å². The summed E-state index contributed by atoms with van der Waals surface area (Å²) in [4.78, 5) is 16.4. The number of amides is 1. The topological polar surface area (TPSA) is 42.0 Å². The lowest BCUT2D eigenvalue weighted by atomic mass is 10.0. The molecule has 104 valence electrons. The fourth-order valence-electron chi connectivity index (χ4n) is 2.47. The first-order valence-corrected chi connectivity index (χ1v) is 7.56. The molecule has 0 spiro atoms. The van der Waals surface area contributed by atoms with Crippen molar-refractivity contribution in [2.75, 3.05) is 5.75 Å². The van der Waals surface area contributed by atoms with Crippen molar-refractivity contribution in [2.24, 2.45) is 5.41 Å². The van der Waals surface area contributed by atoms with E-state index in [9.17, 15) is 4.79 Å². The first-order valence-electron chi connectivity index (χ1n) is 6.93. The number of pyridine rings is 1. The molecule has 1 heterocycles. The molecule has 0 aliphatic heterocycles. The van der Waals surface area contributed by atoms with Crippen molar-refractivity contribution in [3.05, 3.63) is 42.1 Å². The van der Waals surface area contributed by atoms with Crippen LogP contribution >= 0.6 is 12.6 Å². The predicted octanol–water partition coefficient (Wildman–Crippen LogP) is 2.95. The Kier molecular flexibility index (Phi) is 3.66. The van der Waals surface area contributed by atoms with Crippen LogP contribution in [0.5, 0.6) is 0 Å².